The van der Waals surface area contributed by atoms with Gasteiger partial charge in [0.25, 0.3) is 11.7 Å². The van der Waals surface area contributed by atoms with Crippen molar-refractivity contribution in [3.8, 4) is 11.1 Å². The zero-order valence-corrected chi connectivity index (χ0v) is 11.1. The minimum absolute atomic E-state index is 0.443. The molecule has 1 aromatic heterocycles. The molecule has 1 aromatic carbocycles. The summed E-state index contributed by atoms with van der Waals surface area (Å²) in [5.74, 6) is -1.49. The van der Waals surface area contributed by atoms with Crippen LogP contribution in [-0.4, -0.2) is 16.3 Å². The summed E-state index contributed by atoms with van der Waals surface area (Å²) in [5, 5.41) is 0. The average molecular weight is 268 g/mol. The second-order valence-corrected chi connectivity index (χ2v) is 5.07. The number of fused-ring (bicyclic) bond motifs is 1. The van der Waals surface area contributed by atoms with Crippen LogP contribution in [0.5, 0.6) is 0 Å². The van der Waals surface area contributed by atoms with E-state index in [1.54, 1.807) is 0 Å². The Hall–Kier alpha value is -2.36. The predicted octanol–water partition coefficient (Wildman–Crippen LogP) is 2.16. The molecule has 1 aliphatic rings. The fourth-order valence-electron chi connectivity index (χ4n) is 2.84. The number of nitrogens with zero attached hydrogens (tertiary/aromatic N) is 1. The number of primary amides is 1. The fraction of sp³-hybridized carbons (Fsp3) is 0.250. The van der Waals surface area contributed by atoms with Gasteiger partial charge in [0, 0.05) is 17.8 Å². The van der Waals surface area contributed by atoms with Gasteiger partial charge in [-0.25, -0.2) is 0 Å². The van der Waals surface area contributed by atoms with E-state index in [1.807, 2.05) is 41.0 Å². The number of hydrogen-bond donors (Lipinski definition) is 1. The summed E-state index contributed by atoms with van der Waals surface area (Å²) in [6.07, 6.45) is 3.07. The number of hydrogen-bond acceptors (Lipinski definition) is 2. The number of Topliss-reactive ketones (excluding diaryl/α,β-unsaturated/α-hetero) is 1. The first-order valence-corrected chi connectivity index (χ1v) is 6.80. The number of nitrogens with two attached hydrogens (primary N) is 1. The molecule has 0 unspecified atom stereocenters. The van der Waals surface area contributed by atoms with Gasteiger partial charge in [-0.3, -0.25) is 9.59 Å². The molecule has 0 aliphatic carbocycles. The summed E-state index contributed by atoms with van der Waals surface area (Å²) in [7, 11) is 0. The van der Waals surface area contributed by atoms with E-state index in [9.17, 15) is 9.59 Å². The lowest BCUT2D eigenvalue weighted by atomic mass is 10.0. The van der Waals surface area contributed by atoms with Gasteiger partial charge < -0.3 is 10.3 Å². The molecule has 2 N–H and O–H groups in total. The molecule has 1 amide bonds. The summed E-state index contributed by atoms with van der Waals surface area (Å²) in [5.41, 5.74) is 8.51. The normalized spacial score (nSPS) is 13.8. The van der Waals surface area contributed by atoms with Crippen molar-refractivity contribution < 1.29 is 9.59 Å². The zero-order valence-electron chi connectivity index (χ0n) is 11.1. The first-order chi connectivity index (χ1) is 9.68. The minimum atomic E-state index is -0.895. The van der Waals surface area contributed by atoms with Crippen molar-refractivity contribution >= 4 is 11.7 Å². The van der Waals surface area contributed by atoms with Crippen molar-refractivity contribution in [3.63, 3.8) is 0 Å². The van der Waals surface area contributed by atoms with Gasteiger partial charge in [0.05, 0.1) is 0 Å². The number of rotatable bonds is 3. The van der Waals surface area contributed by atoms with E-state index in [1.165, 1.54) is 0 Å². The molecule has 4 heteroatoms. The molecule has 0 radical (unpaired) electrons. The maximum absolute atomic E-state index is 12.2. The standard InChI is InChI=1S/C16H16N2O2/c17-16(20)15(19)14-13(11-6-2-1-3-7-11)10-12-8-4-5-9-18(12)14/h1-3,6-7,10H,4-5,8-9H2,(H2,17,20). The summed E-state index contributed by atoms with van der Waals surface area (Å²) < 4.78 is 1.96. The van der Waals surface area contributed by atoms with Crippen molar-refractivity contribution in [3.05, 3.63) is 47.8 Å². The Kier molecular flexibility index (Phi) is 3.14. The number of benzene rings is 1. The van der Waals surface area contributed by atoms with Crippen LogP contribution in [0.15, 0.2) is 36.4 Å². The fourth-order valence-corrected chi connectivity index (χ4v) is 2.84. The molecular weight excluding hydrogens is 252 g/mol. The van der Waals surface area contributed by atoms with E-state index in [-0.39, 0.29) is 0 Å². The third-order valence-corrected chi connectivity index (χ3v) is 3.77. The first-order valence-electron chi connectivity index (χ1n) is 6.80. The van der Waals surface area contributed by atoms with Gasteiger partial charge in [-0.1, -0.05) is 30.3 Å². The van der Waals surface area contributed by atoms with E-state index < -0.39 is 11.7 Å². The predicted molar refractivity (Wildman–Crippen MR) is 76.3 cm³/mol. The largest absolute Gasteiger partial charge is 0.363 e. The van der Waals surface area contributed by atoms with Crippen molar-refractivity contribution in [2.45, 2.75) is 25.8 Å². The number of aromatic nitrogens is 1. The maximum atomic E-state index is 12.2. The number of carbonyl (C=O) groups is 2. The summed E-state index contributed by atoms with van der Waals surface area (Å²) in [6, 6.07) is 11.7. The molecule has 0 fully saturated rings. The highest BCUT2D eigenvalue weighted by Crippen LogP contribution is 2.31. The molecule has 2 aromatic rings. The molecule has 0 saturated heterocycles. The molecule has 0 spiro atoms. The van der Waals surface area contributed by atoms with Crippen LogP contribution in [0, 0.1) is 0 Å². The Morgan fingerprint density at radius 1 is 1.10 bits per heavy atom. The molecular formula is C16H16N2O2. The smallest absolute Gasteiger partial charge is 0.291 e. The Bertz CT molecular complexity index is 671. The molecule has 0 bridgehead atoms. The average Bonchev–Trinajstić information content (AvgIpc) is 2.86. The molecule has 1 aliphatic heterocycles. The Morgan fingerprint density at radius 3 is 2.55 bits per heavy atom. The SMILES string of the molecule is NC(=O)C(=O)c1c(-c2ccccc2)cc2n1CCCC2. The van der Waals surface area contributed by atoms with Crippen LogP contribution in [0.1, 0.15) is 29.0 Å². The van der Waals surface area contributed by atoms with Crippen molar-refractivity contribution in [2.24, 2.45) is 5.73 Å². The van der Waals surface area contributed by atoms with E-state index in [0.717, 1.165) is 42.6 Å². The minimum Gasteiger partial charge on any atom is -0.363 e. The van der Waals surface area contributed by atoms with Crippen LogP contribution >= 0.6 is 0 Å². The van der Waals surface area contributed by atoms with E-state index in [2.05, 4.69) is 0 Å². The summed E-state index contributed by atoms with van der Waals surface area (Å²) in [6.45, 7) is 0.774. The van der Waals surface area contributed by atoms with E-state index >= 15 is 0 Å². The third kappa shape index (κ3) is 2.03. The van der Waals surface area contributed by atoms with Gasteiger partial charge in [-0.15, -0.1) is 0 Å². The third-order valence-electron chi connectivity index (χ3n) is 3.77. The van der Waals surface area contributed by atoms with E-state index in [4.69, 9.17) is 5.73 Å². The molecule has 0 atom stereocenters. The number of ketones is 1. The monoisotopic (exact) mass is 268 g/mol. The van der Waals surface area contributed by atoms with Crippen LogP contribution < -0.4 is 5.73 Å². The lowest BCUT2D eigenvalue weighted by molar-refractivity contribution is -0.114. The molecule has 2 heterocycles. The van der Waals surface area contributed by atoms with Crippen LogP contribution in [-0.2, 0) is 17.8 Å². The molecule has 102 valence electrons. The van der Waals surface area contributed by atoms with Crippen molar-refractivity contribution in [2.75, 3.05) is 0 Å². The molecule has 20 heavy (non-hydrogen) atoms. The van der Waals surface area contributed by atoms with Crippen LogP contribution in [0.25, 0.3) is 11.1 Å². The van der Waals surface area contributed by atoms with Crippen LogP contribution in [0.3, 0.4) is 0 Å². The number of amides is 1. The van der Waals surface area contributed by atoms with Gasteiger partial charge in [0.2, 0.25) is 0 Å². The quantitative estimate of drug-likeness (QED) is 0.684. The van der Waals surface area contributed by atoms with Crippen molar-refractivity contribution in [1.29, 1.82) is 0 Å². The first kappa shape index (κ1) is 12.7. The highest BCUT2D eigenvalue weighted by atomic mass is 16.2. The van der Waals surface area contributed by atoms with E-state index in [0.29, 0.717) is 5.69 Å². The highest BCUT2D eigenvalue weighted by Gasteiger charge is 2.26. The molecule has 4 nitrogen and oxygen atoms in total. The molecule has 0 saturated carbocycles. The summed E-state index contributed by atoms with van der Waals surface area (Å²) >= 11 is 0. The lowest BCUT2D eigenvalue weighted by Gasteiger charge is -2.17. The van der Waals surface area contributed by atoms with Crippen LogP contribution in [0.2, 0.25) is 0 Å². The lowest BCUT2D eigenvalue weighted by Crippen LogP contribution is -2.27. The van der Waals surface area contributed by atoms with Gasteiger partial charge in [0.1, 0.15) is 5.69 Å². The van der Waals surface area contributed by atoms with Gasteiger partial charge >= 0.3 is 0 Å². The Balaban J connectivity index is 2.21. The highest BCUT2D eigenvalue weighted by molar-refractivity contribution is 6.43. The van der Waals surface area contributed by atoms with Gasteiger partial charge in [-0.2, -0.15) is 0 Å². The number of carbonyl (C=O) groups excluding carboxylic acids is 2. The van der Waals surface area contributed by atoms with Gasteiger partial charge in [-0.05, 0) is 30.9 Å². The maximum Gasteiger partial charge on any atom is 0.291 e. The Morgan fingerprint density at radius 2 is 1.85 bits per heavy atom. The summed E-state index contributed by atoms with van der Waals surface area (Å²) in [4.78, 5) is 23.5. The molecule has 3 rings (SSSR count). The van der Waals surface area contributed by atoms with Crippen molar-refractivity contribution in [1.82, 2.24) is 4.57 Å². The second kappa shape index (κ2) is 4.96. The topological polar surface area (TPSA) is 65.1 Å². The van der Waals surface area contributed by atoms with Gasteiger partial charge in [0.15, 0.2) is 0 Å². The second-order valence-electron chi connectivity index (χ2n) is 5.07. The zero-order chi connectivity index (χ0) is 14.1. The Labute approximate surface area is 117 Å². The number of aryl methyl sites for hydroxylation is 1. The van der Waals surface area contributed by atoms with Crippen LogP contribution in [0.4, 0.5) is 0 Å².